The van der Waals surface area contributed by atoms with Crippen LogP contribution in [0.5, 0.6) is 0 Å². The van der Waals surface area contributed by atoms with E-state index >= 15 is 0 Å². The second-order valence-electron chi connectivity index (χ2n) is 5.83. The number of carbonyl (C=O) groups excluding carboxylic acids is 2. The van der Waals surface area contributed by atoms with E-state index in [2.05, 4.69) is 10.2 Å². The van der Waals surface area contributed by atoms with Gasteiger partial charge in [-0.3, -0.25) is 14.7 Å². The van der Waals surface area contributed by atoms with Gasteiger partial charge in [0.25, 0.3) is 5.91 Å². The van der Waals surface area contributed by atoms with Gasteiger partial charge in [0.05, 0.1) is 12.5 Å². The first-order chi connectivity index (χ1) is 10.2. The highest BCUT2D eigenvalue weighted by atomic mass is 16.5. The van der Waals surface area contributed by atoms with E-state index in [1.807, 2.05) is 6.07 Å². The molecule has 21 heavy (non-hydrogen) atoms. The fraction of sp³-hybridized carbons (Fsp3) is 0.667. The van der Waals surface area contributed by atoms with Crippen molar-refractivity contribution in [2.24, 2.45) is 5.92 Å². The SMILES string of the molecule is CCOC(=O)[C@H]1CCCN(C(=O)c2cc(C3CC3)[nH]n2)C1. The molecule has 2 fully saturated rings. The highest BCUT2D eigenvalue weighted by Crippen LogP contribution is 2.39. The molecule has 2 aliphatic rings. The molecule has 1 atom stereocenters. The lowest BCUT2D eigenvalue weighted by molar-refractivity contribution is -0.149. The quantitative estimate of drug-likeness (QED) is 0.857. The first kappa shape index (κ1) is 14.1. The summed E-state index contributed by atoms with van der Waals surface area (Å²) in [6.07, 6.45) is 3.96. The predicted octanol–water partition coefficient (Wildman–Crippen LogP) is 1.70. The van der Waals surface area contributed by atoms with Gasteiger partial charge in [-0.2, -0.15) is 5.10 Å². The Morgan fingerprint density at radius 1 is 1.43 bits per heavy atom. The third-order valence-electron chi connectivity index (χ3n) is 4.16. The van der Waals surface area contributed by atoms with E-state index in [-0.39, 0.29) is 17.8 Å². The van der Waals surface area contributed by atoms with Gasteiger partial charge in [-0.25, -0.2) is 0 Å². The zero-order chi connectivity index (χ0) is 14.8. The Bertz CT molecular complexity index is 536. The summed E-state index contributed by atoms with van der Waals surface area (Å²) >= 11 is 0. The van der Waals surface area contributed by atoms with Crippen molar-refractivity contribution in [3.05, 3.63) is 17.5 Å². The molecule has 114 valence electrons. The van der Waals surface area contributed by atoms with E-state index in [4.69, 9.17) is 4.74 Å². The van der Waals surface area contributed by atoms with E-state index in [9.17, 15) is 9.59 Å². The molecule has 1 saturated carbocycles. The van der Waals surface area contributed by atoms with Gasteiger partial charge in [0.1, 0.15) is 5.69 Å². The molecule has 6 heteroatoms. The minimum absolute atomic E-state index is 0.0906. The number of rotatable bonds is 4. The second kappa shape index (κ2) is 5.87. The van der Waals surface area contributed by atoms with Crippen molar-refractivity contribution in [1.82, 2.24) is 15.1 Å². The summed E-state index contributed by atoms with van der Waals surface area (Å²) in [5.74, 6) is 0.0556. The molecule has 3 rings (SSSR count). The van der Waals surface area contributed by atoms with Gasteiger partial charge in [0.2, 0.25) is 0 Å². The summed E-state index contributed by atoms with van der Waals surface area (Å²) in [5.41, 5.74) is 1.51. The minimum atomic E-state index is -0.204. The Morgan fingerprint density at radius 3 is 2.95 bits per heavy atom. The standard InChI is InChI=1S/C15H21N3O3/c1-2-21-15(20)11-4-3-7-18(9-11)14(19)13-8-12(16-17-13)10-5-6-10/h8,10-11H,2-7,9H2,1H3,(H,16,17)/t11-/m0/s1. The van der Waals surface area contributed by atoms with Gasteiger partial charge in [0, 0.05) is 24.7 Å². The molecule has 2 heterocycles. The minimum Gasteiger partial charge on any atom is -0.466 e. The topological polar surface area (TPSA) is 75.3 Å². The van der Waals surface area contributed by atoms with Crippen molar-refractivity contribution in [2.75, 3.05) is 19.7 Å². The lowest BCUT2D eigenvalue weighted by atomic mass is 9.98. The molecule has 1 aliphatic carbocycles. The number of likely N-dealkylation sites (tertiary alicyclic amines) is 1. The smallest absolute Gasteiger partial charge is 0.310 e. The van der Waals surface area contributed by atoms with Gasteiger partial charge in [-0.1, -0.05) is 0 Å². The molecular weight excluding hydrogens is 270 g/mol. The predicted molar refractivity (Wildman–Crippen MR) is 75.8 cm³/mol. The third kappa shape index (κ3) is 3.09. The average molecular weight is 291 g/mol. The fourth-order valence-corrected chi connectivity index (χ4v) is 2.83. The number of nitrogens with zero attached hydrogens (tertiary/aromatic N) is 2. The number of hydrogen-bond acceptors (Lipinski definition) is 4. The molecule has 1 amide bonds. The number of esters is 1. The lowest BCUT2D eigenvalue weighted by Gasteiger charge is -2.31. The summed E-state index contributed by atoms with van der Waals surface area (Å²) < 4.78 is 5.06. The number of aromatic amines is 1. The molecule has 0 spiro atoms. The Labute approximate surface area is 123 Å². The summed E-state index contributed by atoms with van der Waals surface area (Å²) in [4.78, 5) is 26.0. The van der Waals surface area contributed by atoms with E-state index in [1.165, 1.54) is 12.8 Å². The maximum atomic E-state index is 12.5. The van der Waals surface area contributed by atoms with Gasteiger partial charge in [0.15, 0.2) is 0 Å². The van der Waals surface area contributed by atoms with Gasteiger partial charge < -0.3 is 9.64 Å². The third-order valence-corrected chi connectivity index (χ3v) is 4.16. The molecule has 6 nitrogen and oxygen atoms in total. The number of piperidine rings is 1. The van der Waals surface area contributed by atoms with Gasteiger partial charge in [-0.15, -0.1) is 0 Å². The Hall–Kier alpha value is -1.85. The van der Waals surface area contributed by atoms with Crippen molar-refractivity contribution in [3.8, 4) is 0 Å². The Kier molecular flexibility index (Phi) is 3.94. The zero-order valence-corrected chi connectivity index (χ0v) is 12.3. The van der Waals surface area contributed by atoms with E-state index in [0.29, 0.717) is 31.3 Å². The number of aromatic nitrogens is 2. The molecule has 1 saturated heterocycles. The molecule has 0 bridgehead atoms. The van der Waals surface area contributed by atoms with Crippen LogP contribution in [0, 0.1) is 5.92 Å². The first-order valence-electron chi connectivity index (χ1n) is 7.70. The molecule has 0 aromatic carbocycles. The fourth-order valence-electron chi connectivity index (χ4n) is 2.83. The monoisotopic (exact) mass is 291 g/mol. The molecule has 1 aliphatic heterocycles. The van der Waals surface area contributed by atoms with E-state index in [0.717, 1.165) is 18.5 Å². The van der Waals surface area contributed by atoms with Crippen LogP contribution >= 0.6 is 0 Å². The molecular formula is C15H21N3O3. The second-order valence-corrected chi connectivity index (χ2v) is 5.83. The zero-order valence-electron chi connectivity index (χ0n) is 12.3. The number of amides is 1. The van der Waals surface area contributed by atoms with Gasteiger partial charge in [-0.05, 0) is 38.7 Å². The van der Waals surface area contributed by atoms with Crippen LogP contribution in [0.4, 0.5) is 0 Å². The molecule has 1 aromatic heterocycles. The first-order valence-corrected chi connectivity index (χ1v) is 7.70. The van der Waals surface area contributed by atoms with Crippen LogP contribution in [0.2, 0.25) is 0 Å². The summed E-state index contributed by atoms with van der Waals surface area (Å²) in [5, 5.41) is 7.08. The number of ether oxygens (including phenoxy) is 1. The molecule has 1 N–H and O–H groups in total. The van der Waals surface area contributed by atoms with E-state index < -0.39 is 0 Å². The van der Waals surface area contributed by atoms with Crippen LogP contribution in [0.25, 0.3) is 0 Å². The highest BCUT2D eigenvalue weighted by molar-refractivity contribution is 5.92. The Morgan fingerprint density at radius 2 is 2.24 bits per heavy atom. The number of hydrogen-bond donors (Lipinski definition) is 1. The summed E-state index contributed by atoms with van der Waals surface area (Å²) in [6, 6.07) is 1.86. The van der Waals surface area contributed by atoms with Crippen molar-refractivity contribution >= 4 is 11.9 Å². The summed E-state index contributed by atoms with van der Waals surface area (Å²) in [6.45, 7) is 3.30. The van der Waals surface area contributed by atoms with Crippen LogP contribution in [0.3, 0.4) is 0 Å². The van der Waals surface area contributed by atoms with Gasteiger partial charge >= 0.3 is 5.97 Å². The number of nitrogens with one attached hydrogen (secondary N) is 1. The summed E-state index contributed by atoms with van der Waals surface area (Å²) in [7, 11) is 0. The number of H-pyrrole nitrogens is 1. The molecule has 0 unspecified atom stereocenters. The van der Waals surface area contributed by atoms with Crippen molar-refractivity contribution in [2.45, 2.75) is 38.5 Å². The van der Waals surface area contributed by atoms with Crippen molar-refractivity contribution < 1.29 is 14.3 Å². The highest BCUT2D eigenvalue weighted by Gasteiger charge is 2.32. The largest absolute Gasteiger partial charge is 0.466 e. The number of carbonyl (C=O) groups is 2. The van der Waals surface area contributed by atoms with Crippen molar-refractivity contribution in [1.29, 1.82) is 0 Å². The van der Waals surface area contributed by atoms with Crippen LogP contribution in [-0.4, -0.2) is 46.7 Å². The van der Waals surface area contributed by atoms with Crippen molar-refractivity contribution in [3.63, 3.8) is 0 Å². The lowest BCUT2D eigenvalue weighted by Crippen LogP contribution is -2.43. The van der Waals surface area contributed by atoms with Crippen LogP contribution in [-0.2, 0) is 9.53 Å². The van der Waals surface area contributed by atoms with E-state index in [1.54, 1.807) is 11.8 Å². The Balaban J connectivity index is 1.64. The van der Waals surface area contributed by atoms with Crippen LogP contribution in [0.1, 0.15) is 54.7 Å². The molecule has 0 radical (unpaired) electrons. The molecule has 1 aromatic rings. The van der Waals surface area contributed by atoms with Crippen LogP contribution < -0.4 is 0 Å². The normalized spacial score (nSPS) is 22.1. The maximum Gasteiger partial charge on any atom is 0.310 e. The van der Waals surface area contributed by atoms with Crippen LogP contribution in [0.15, 0.2) is 6.07 Å². The maximum absolute atomic E-state index is 12.5. The average Bonchev–Trinajstić information content (AvgIpc) is 3.24.